The summed E-state index contributed by atoms with van der Waals surface area (Å²) in [5.74, 6) is -2.01. The SMILES string of the molecule is C=CC[C@H](CC(=O)N[C@H](C)CO)C(=O)N[C@@H](COC(=O)[C@H](CC=C)Cc1ccccc1)Cc1ccccc1. The predicted octanol–water partition coefficient (Wildman–Crippen LogP) is 3.77. The number of hydrogen-bond donors (Lipinski definition) is 3. The molecule has 2 amide bonds. The van der Waals surface area contributed by atoms with E-state index in [0.29, 0.717) is 25.7 Å². The lowest BCUT2D eigenvalue weighted by molar-refractivity contribution is -0.149. The summed E-state index contributed by atoms with van der Waals surface area (Å²) in [6.45, 7) is 8.99. The highest BCUT2D eigenvalue weighted by molar-refractivity contribution is 5.86. The van der Waals surface area contributed by atoms with Crippen molar-refractivity contribution in [1.29, 1.82) is 0 Å². The third kappa shape index (κ3) is 11.1. The highest BCUT2D eigenvalue weighted by atomic mass is 16.5. The van der Waals surface area contributed by atoms with E-state index < -0.39 is 18.0 Å². The smallest absolute Gasteiger partial charge is 0.309 e. The van der Waals surface area contributed by atoms with E-state index in [1.54, 1.807) is 19.1 Å². The van der Waals surface area contributed by atoms with E-state index in [9.17, 15) is 19.5 Å². The molecule has 0 spiro atoms. The molecule has 0 fully saturated rings. The highest BCUT2D eigenvalue weighted by Crippen LogP contribution is 2.16. The number of carbonyl (C=O) groups is 3. The molecule has 0 aliphatic heterocycles. The molecule has 7 heteroatoms. The Kier molecular flexibility index (Phi) is 13.6. The summed E-state index contributed by atoms with van der Waals surface area (Å²) < 4.78 is 5.72. The molecule has 0 aromatic heterocycles. The molecule has 2 aromatic rings. The second-order valence-electron chi connectivity index (χ2n) is 9.51. The van der Waals surface area contributed by atoms with Gasteiger partial charge in [-0.3, -0.25) is 14.4 Å². The van der Waals surface area contributed by atoms with Crippen molar-refractivity contribution in [2.75, 3.05) is 13.2 Å². The number of rotatable bonds is 17. The molecule has 3 N–H and O–H groups in total. The summed E-state index contributed by atoms with van der Waals surface area (Å²) in [7, 11) is 0. The number of carbonyl (C=O) groups excluding carboxylic acids is 3. The van der Waals surface area contributed by atoms with Crippen LogP contribution in [0, 0.1) is 11.8 Å². The minimum Gasteiger partial charge on any atom is -0.463 e. The zero-order valence-corrected chi connectivity index (χ0v) is 22.2. The first kappa shape index (κ1) is 30.5. The van der Waals surface area contributed by atoms with Crippen molar-refractivity contribution < 1.29 is 24.2 Å². The molecule has 0 aliphatic carbocycles. The summed E-state index contributed by atoms with van der Waals surface area (Å²) in [5.41, 5.74) is 2.02. The maximum absolute atomic E-state index is 13.2. The summed E-state index contributed by atoms with van der Waals surface area (Å²) in [4.78, 5) is 38.6. The standard InChI is InChI=1S/C31H40N2O5/c1-4-12-26(20-29(35)32-23(3)21-34)30(36)33-28(19-25-16-10-7-11-17-25)22-38-31(37)27(13-5-2)18-24-14-8-6-9-15-24/h4-11,14-17,23,26-28,34H,1-2,12-13,18-22H2,3H3,(H,32,35)(H,33,36)/t23-,26-,27-,28-/m1/s1. The van der Waals surface area contributed by atoms with Gasteiger partial charge < -0.3 is 20.5 Å². The van der Waals surface area contributed by atoms with Crippen molar-refractivity contribution in [3.63, 3.8) is 0 Å². The van der Waals surface area contributed by atoms with E-state index in [1.807, 2.05) is 60.7 Å². The fourth-order valence-electron chi connectivity index (χ4n) is 4.12. The number of allylic oxidation sites excluding steroid dienone is 2. The van der Waals surface area contributed by atoms with Crippen molar-refractivity contribution in [2.24, 2.45) is 11.8 Å². The topological polar surface area (TPSA) is 105 Å². The van der Waals surface area contributed by atoms with Crippen LogP contribution in [0.5, 0.6) is 0 Å². The van der Waals surface area contributed by atoms with E-state index in [4.69, 9.17) is 4.74 Å². The summed E-state index contributed by atoms with van der Waals surface area (Å²) in [6.07, 6.45) is 5.04. The third-order valence-electron chi connectivity index (χ3n) is 6.14. The van der Waals surface area contributed by atoms with Gasteiger partial charge in [0.15, 0.2) is 0 Å². The molecule has 4 atom stereocenters. The molecule has 0 aliphatic rings. The Labute approximate surface area is 226 Å². The molecular weight excluding hydrogens is 480 g/mol. The molecule has 2 rings (SSSR count). The average Bonchev–Trinajstić information content (AvgIpc) is 2.92. The van der Waals surface area contributed by atoms with E-state index in [2.05, 4.69) is 23.8 Å². The number of aliphatic hydroxyl groups is 1. The van der Waals surface area contributed by atoms with E-state index in [1.165, 1.54) is 0 Å². The zero-order chi connectivity index (χ0) is 27.8. The fourth-order valence-corrected chi connectivity index (χ4v) is 4.12. The Hall–Kier alpha value is -3.71. The first-order valence-corrected chi connectivity index (χ1v) is 13.0. The van der Waals surface area contributed by atoms with Gasteiger partial charge >= 0.3 is 5.97 Å². The van der Waals surface area contributed by atoms with E-state index in [0.717, 1.165) is 11.1 Å². The van der Waals surface area contributed by atoms with Gasteiger partial charge in [-0.1, -0.05) is 72.8 Å². The second kappa shape index (κ2) is 16.9. The number of benzene rings is 2. The van der Waals surface area contributed by atoms with E-state index in [-0.39, 0.29) is 43.3 Å². The average molecular weight is 521 g/mol. The molecule has 2 aromatic carbocycles. The lowest BCUT2D eigenvalue weighted by atomic mass is 9.96. The van der Waals surface area contributed by atoms with Crippen molar-refractivity contribution >= 4 is 17.8 Å². The highest BCUT2D eigenvalue weighted by Gasteiger charge is 2.26. The first-order chi connectivity index (χ1) is 18.4. The molecule has 38 heavy (non-hydrogen) atoms. The Morgan fingerprint density at radius 3 is 1.97 bits per heavy atom. The van der Waals surface area contributed by atoms with Crippen molar-refractivity contribution in [3.05, 3.63) is 97.1 Å². The van der Waals surface area contributed by atoms with Gasteiger partial charge in [-0.2, -0.15) is 0 Å². The number of amides is 2. The van der Waals surface area contributed by atoms with Crippen LogP contribution in [0.15, 0.2) is 86.0 Å². The van der Waals surface area contributed by atoms with Crippen LogP contribution in [0.1, 0.15) is 37.3 Å². The number of ether oxygens (including phenoxy) is 1. The Morgan fingerprint density at radius 2 is 1.42 bits per heavy atom. The van der Waals surface area contributed by atoms with Crippen LogP contribution in [0.25, 0.3) is 0 Å². The van der Waals surface area contributed by atoms with Gasteiger partial charge in [0.2, 0.25) is 11.8 Å². The Balaban J connectivity index is 2.10. The third-order valence-corrected chi connectivity index (χ3v) is 6.14. The lowest BCUT2D eigenvalue weighted by Crippen LogP contribution is -2.45. The van der Waals surface area contributed by atoms with Crippen LogP contribution in [-0.2, 0) is 32.0 Å². The molecule has 0 heterocycles. The van der Waals surface area contributed by atoms with Gasteiger partial charge in [0, 0.05) is 12.5 Å². The van der Waals surface area contributed by atoms with Crippen LogP contribution in [-0.4, -0.2) is 48.2 Å². The molecule has 0 saturated carbocycles. The van der Waals surface area contributed by atoms with Gasteiger partial charge in [-0.25, -0.2) is 0 Å². The summed E-state index contributed by atoms with van der Waals surface area (Å²) >= 11 is 0. The second-order valence-corrected chi connectivity index (χ2v) is 9.51. The number of hydrogen-bond acceptors (Lipinski definition) is 5. The van der Waals surface area contributed by atoms with Crippen LogP contribution < -0.4 is 10.6 Å². The Bertz CT molecular complexity index is 1030. The molecule has 7 nitrogen and oxygen atoms in total. The monoisotopic (exact) mass is 520 g/mol. The Morgan fingerprint density at radius 1 is 0.868 bits per heavy atom. The van der Waals surface area contributed by atoms with Gasteiger partial charge in [0.05, 0.1) is 24.5 Å². The summed E-state index contributed by atoms with van der Waals surface area (Å²) in [5, 5.41) is 14.8. The van der Waals surface area contributed by atoms with Crippen LogP contribution in [0.4, 0.5) is 0 Å². The number of esters is 1. The largest absolute Gasteiger partial charge is 0.463 e. The van der Waals surface area contributed by atoms with Crippen molar-refractivity contribution in [3.8, 4) is 0 Å². The van der Waals surface area contributed by atoms with Gasteiger partial charge in [-0.05, 0) is 43.7 Å². The molecule has 0 radical (unpaired) electrons. The quantitative estimate of drug-likeness (QED) is 0.218. The van der Waals surface area contributed by atoms with Crippen molar-refractivity contribution in [2.45, 2.75) is 51.1 Å². The maximum atomic E-state index is 13.2. The lowest BCUT2D eigenvalue weighted by Gasteiger charge is -2.24. The minimum atomic E-state index is -0.640. The number of aliphatic hydroxyl groups excluding tert-OH is 1. The molecule has 0 bridgehead atoms. The van der Waals surface area contributed by atoms with Gasteiger partial charge in [-0.15, -0.1) is 13.2 Å². The van der Waals surface area contributed by atoms with Crippen molar-refractivity contribution in [1.82, 2.24) is 10.6 Å². The van der Waals surface area contributed by atoms with Crippen LogP contribution >= 0.6 is 0 Å². The van der Waals surface area contributed by atoms with Crippen LogP contribution in [0.3, 0.4) is 0 Å². The molecular formula is C31H40N2O5. The van der Waals surface area contributed by atoms with Gasteiger partial charge in [0.1, 0.15) is 6.61 Å². The molecule has 0 saturated heterocycles. The molecule has 0 unspecified atom stereocenters. The van der Waals surface area contributed by atoms with E-state index >= 15 is 0 Å². The minimum absolute atomic E-state index is 0.00352. The normalized spacial score (nSPS) is 13.8. The van der Waals surface area contributed by atoms with Gasteiger partial charge in [0.25, 0.3) is 0 Å². The zero-order valence-electron chi connectivity index (χ0n) is 22.2. The molecule has 204 valence electrons. The fraction of sp³-hybridized carbons (Fsp3) is 0.387. The van der Waals surface area contributed by atoms with Crippen LogP contribution in [0.2, 0.25) is 0 Å². The predicted molar refractivity (Wildman–Crippen MR) is 149 cm³/mol. The first-order valence-electron chi connectivity index (χ1n) is 13.0. The maximum Gasteiger partial charge on any atom is 0.309 e. The summed E-state index contributed by atoms with van der Waals surface area (Å²) in [6, 6.07) is 18.5. The number of nitrogens with one attached hydrogen (secondary N) is 2.